The molecule has 3 saturated carbocycles. The zero-order chi connectivity index (χ0) is 26.4. The first-order valence-electron chi connectivity index (χ1n) is 15.3. The summed E-state index contributed by atoms with van der Waals surface area (Å²) in [6.07, 6.45) is 16.6. The van der Waals surface area contributed by atoms with Gasteiger partial charge in [0.25, 0.3) is 0 Å². The van der Waals surface area contributed by atoms with Gasteiger partial charge in [0.15, 0.2) is 0 Å². The van der Waals surface area contributed by atoms with E-state index >= 15 is 0 Å². The molecule has 204 valence electrons. The predicted molar refractivity (Wildman–Crippen MR) is 154 cm³/mol. The van der Waals surface area contributed by atoms with E-state index in [-0.39, 0.29) is 17.5 Å². The van der Waals surface area contributed by atoms with Gasteiger partial charge in [0.1, 0.15) is 6.10 Å². The third-order valence-corrected chi connectivity index (χ3v) is 12.0. The van der Waals surface area contributed by atoms with Crippen LogP contribution in [0.3, 0.4) is 0 Å². The number of halogens is 1. The maximum Gasteiger partial charge on any atom is 0.339 e. The highest BCUT2D eigenvalue weighted by atomic mass is 35.5. The number of carbonyl (C=O) groups is 1. The van der Waals surface area contributed by atoms with Gasteiger partial charge in [-0.3, -0.25) is 0 Å². The standard InChI is InChI=1S/C34H49ClO2/c1-22(2)9-8-10-23(3)28-15-16-29-26-14-13-24-21-25(37-32(36)27-11-6-7-12-31(27)35)17-19-33(24,4)30(26)18-20-34(28,29)5/h6-7,11-13,22-23,25-26,28-30H,8-10,14-21H2,1-5H3/t23-,25-,26+,28-,29+,30+,33-,34-/m0/s1. The molecule has 8 atom stereocenters. The van der Waals surface area contributed by atoms with Gasteiger partial charge in [-0.15, -0.1) is 0 Å². The van der Waals surface area contributed by atoms with Crippen molar-refractivity contribution >= 4 is 17.6 Å². The lowest BCUT2D eigenvalue weighted by Gasteiger charge is -2.58. The molecule has 0 saturated heterocycles. The number of benzene rings is 1. The van der Waals surface area contributed by atoms with Gasteiger partial charge in [-0.2, -0.15) is 0 Å². The van der Waals surface area contributed by atoms with Crippen LogP contribution in [0.1, 0.15) is 116 Å². The first-order chi connectivity index (χ1) is 17.6. The number of hydrogen-bond acceptors (Lipinski definition) is 2. The van der Waals surface area contributed by atoms with Crippen molar-refractivity contribution in [2.24, 2.45) is 46.3 Å². The fourth-order valence-electron chi connectivity index (χ4n) is 9.59. The van der Waals surface area contributed by atoms with Crippen LogP contribution >= 0.6 is 11.6 Å². The van der Waals surface area contributed by atoms with Crippen molar-refractivity contribution in [1.82, 2.24) is 0 Å². The molecular weight excluding hydrogens is 476 g/mol. The van der Waals surface area contributed by atoms with E-state index < -0.39 is 0 Å². The van der Waals surface area contributed by atoms with Crippen LogP contribution < -0.4 is 0 Å². The van der Waals surface area contributed by atoms with Gasteiger partial charge >= 0.3 is 5.97 Å². The average molecular weight is 525 g/mol. The maximum atomic E-state index is 12.8. The van der Waals surface area contributed by atoms with E-state index in [1.807, 2.05) is 12.1 Å². The maximum absolute atomic E-state index is 12.8. The Balaban J connectivity index is 1.26. The van der Waals surface area contributed by atoms with E-state index in [4.69, 9.17) is 16.3 Å². The monoisotopic (exact) mass is 524 g/mol. The fourth-order valence-corrected chi connectivity index (χ4v) is 9.81. The largest absolute Gasteiger partial charge is 0.458 e. The van der Waals surface area contributed by atoms with Gasteiger partial charge in [-0.1, -0.05) is 89.3 Å². The fraction of sp³-hybridized carbons (Fsp3) is 0.735. The van der Waals surface area contributed by atoms with E-state index in [1.54, 1.807) is 17.7 Å². The minimum Gasteiger partial charge on any atom is -0.458 e. The van der Waals surface area contributed by atoms with Crippen molar-refractivity contribution in [2.45, 2.75) is 111 Å². The molecule has 37 heavy (non-hydrogen) atoms. The predicted octanol–water partition coefficient (Wildman–Crippen LogP) is 9.91. The van der Waals surface area contributed by atoms with Crippen molar-refractivity contribution in [3.8, 4) is 0 Å². The lowest BCUT2D eigenvalue weighted by Crippen LogP contribution is -2.51. The number of esters is 1. The molecule has 0 spiro atoms. The Morgan fingerprint density at radius 3 is 2.57 bits per heavy atom. The molecule has 2 nitrogen and oxygen atoms in total. The summed E-state index contributed by atoms with van der Waals surface area (Å²) in [4.78, 5) is 12.8. The van der Waals surface area contributed by atoms with Crippen molar-refractivity contribution in [2.75, 3.05) is 0 Å². The molecule has 0 bridgehead atoms. The van der Waals surface area contributed by atoms with Crippen LogP contribution in [0.2, 0.25) is 5.02 Å². The highest BCUT2D eigenvalue weighted by Crippen LogP contribution is 2.67. The summed E-state index contributed by atoms with van der Waals surface area (Å²) in [5.74, 6) is 4.83. The van der Waals surface area contributed by atoms with E-state index in [0.29, 0.717) is 16.0 Å². The molecule has 0 N–H and O–H groups in total. The molecule has 0 aromatic heterocycles. The van der Waals surface area contributed by atoms with Gasteiger partial charge in [0, 0.05) is 6.42 Å². The Hall–Kier alpha value is -1.28. The molecule has 0 radical (unpaired) electrons. The molecule has 4 aliphatic rings. The molecular formula is C34H49ClO2. The Bertz CT molecular complexity index is 1010. The average Bonchev–Trinajstić information content (AvgIpc) is 3.21. The third kappa shape index (κ3) is 5.06. The molecule has 0 aliphatic heterocycles. The quantitative estimate of drug-likeness (QED) is 0.262. The summed E-state index contributed by atoms with van der Waals surface area (Å²) < 4.78 is 6.00. The topological polar surface area (TPSA) is 26.3 Å². The molecule has 5 rings (SSSR count). The smallest absolute Gasteiger partial charge is 0.339 e. The highest BCUT2D eigenvalue weighted by Gasteiger charge is 2.59. The van der Waals surface area contributed by atoms with Gasteiger partial charge < -0.3 is 4.74 Å². The second-order valence-corrected chi connectivity index (χ2v) is 14.4. The van der Waals surface area contributed by atoms with E-state index in [1.165, 1.54) is 51.4 Å². The molecule has 1 aromatic rings. The summed E-state index contributed by atoms with van der Waals surface area (Å²) in [5, 5.41) is 0.474. The first kappa shape index (κ1) is 27.3. The summed E-state index contributed by atoms with van der Waals surface area (Å²) in [6.45, 7) is 12.5. The molecule has 3 fully saturated rings. The normalized spacial score (nSPS) is 37.8. The van der Waals surface area contributed by atoms with Crippen LogP contribution in [-0.2, 0) is 4.74 Å². The Morgan fingerprint density at radius 2 is 1.81 bits per heavy atom. The van der Waals surface area contributed by atoms with Crippen LogP contribution in [0.25, 0.3) is 0 Å². The first-order valence-corrected chi connectivity index (χ1v) is 15.7. The minimum atomic E-state index is -0.276. The van der Waals surface area contributed by atoms with E-state index in [9.17, 15) is 4.79 Å². The number of ether oxygens (including phenoxy) is 1. The zero-order valence-corrected chi connectivity index (χ0v) is 24.7. The lowest BCUT2D eigenvalue weighted by molar-refractivity contribution is -0.0594. The van der Waals surface area contributed by atoms with Gasteiger partial charge in [0.05, 0.1) is 10.6 Å². The summed E-state index contributed by atoms with van der Waals surface area (Å²) >= 11 is 6.26. The third-order valence-electron chi connectivity index (χ3n) is 11.6. The molecule has 4 aliphatic carbocycles. The van der Waals surface area contributed by atoms with Gasteiger partial charge in [0.2, 0.25) is 0 Å². The Morgan fingerprint density at radius 1 is 1.03 bits per heavy atom. The number of hydrogen-bond donors (Lipinski definition) is 0. The molecule has 3 heteroatoms. The van der Waals surface area contributed by atoms with Crippen molar-refractivity contribution in [1.29, 1.82) is 0 Å². The zero-order valence-electron chi connectivity index (χ0n) is 23.9. The minimum absolute atomic E-state index is 0.0314. The molecule has 1 aromatic carbocycles. The highest BCUT2D eigenvalue weighted by molar-refractivity contribution is 6.33. The van der Waals surface area contributed by atoms with Crippen molar-refractivity contribution in [3.63, 3.8) is 0 Å². The number of carbonyl (C=O) groups excluding carboxylic acids is 1. The van der Waals surface area contributed by atoms with Crippen LogP contribution in [0, 0.1) is 46.3 Å². The molecule has 0 heterocycles. The van der Waals surface area contributed by atoms with Crippen molar-refractivity contribution < 1.29 is 9.53 Å². The van der Waals surface area contributed by atoms with E-state index in [2.05, 4.69) is 40.7 Å². The van der Waals surface area contributed by atoms with Crippen LogP contribution in [-0.4, -0.2) is 12.1 Å². The summed E-state index contributed by atoms with van der Waals surface area (Å²) in [5.41, 5.74) is 2.86. The Kier molecular flexibility index (Phi) is 7.90. The number of allylic oxidation sites excluding steroid dienone is 1. The van der Waals surface area contributed by atoms with E-state index in [0.717, 1.165) is 54.8 Å². The summed E-state index contributed by atoms with van der Waals surface area (Å²) in [6, 6.07) is 7.22. The second-order valence-electron chi connectivity index (χ2n) is 14.0. The molecule has 0 unspecified atom stereocenters. The SMILES string of the molecule is CC(C)CCC[C@H](C)[C@@H]1CC[C@@H]2[C@H]3CC=C4C[C@@H](OC(=O)c5ccccc5Cl)CC[C@]4(C)[C@@H]3CC[C@]21C. The number of rotatable bonds is 7. The van der Waals surface area contributed by atoms with Crippen molar-refractivity contribution in [3.05, 3.63) is 46.5 Å². The number of fused-ring (bicyclic) bond motifs is 5. The second kappa shape index (κ2) is 10.7. The van der Waals surface area contributed by atoms with Gasteiger partial charge in [-0.05, 0) is 103 Å². The molecule has 0 amide bonds. The van der Waals surface area contributed by atoms with Crippen LogP contribution in [0.5, 0.6) is 0 Å². The van der Waals surface area contributed by atoms with Gasteiger partial charge in [-0.25, -0.2) is 4.79 Å². The van der Waals surface area contributed by atoms with Crippen LogP contribution in [0.15, 0.2) is 35.9 Å². The lowest BCUT2D eigenvalue weighted by atomic mass is 9.47. The van der Waals surface area contributed by atoms with Crippen LogP contribution in [0.4, 0.5) is 0 Å². The summed E-state index contributed by atoms with van der Waals surface area (Å²) in [7, 11) is 0. The Labute approximate surface area is 231 Å².